The summed E-state index contributed by atoms with van der Waals surface area (Å²) in [5.41, 5.74) is 2.30. The smallest absolute Gasteiger partial charge is 0.314 e. The Morgan fingerprint density at radius 2 is 1.74 bits per heavy atom. The van der Waals surface area contributed by atoms with Gasteiger partial charge in [0, 0.05) is 11.6 Å². The molecule has 0 spiro atoms. The number of nitrogens with zero attached hydrogens (tertiary/aromatic N) is 1. The zero-order chi connectivity index (χ0) is 17.0. The number of methoxy groups -OCH3 is 2. The Morgan fingerprint density at radius 3 is 2.26 bits per heavy atom. The second-order valence-electron chi connectivity index (χ2n) is 4.80. The summed E-state index contributed by atoms with van der Waals surface area (Å²) in [6.45, 7) is 1.99. The van der Waals surface area contributed by atoms with Crippen molar-refractivity contribution >= 4 is 28.6 Å². The van der Waals surface area contributed by atoms with Crippen molar-refractivity contribution in [2.24, 2.45) is 0 Å². The van der Waals surface area contributed by atoms with Crippen LogP contribution in [0.1, 0.15) is 11.1 Å². The highest BCUT2D eigenvalue weighted by Gasteiger charge is 2.20. The molecule has 2 aromatic carbocycles. The summed E-state index contributed by atoms with van der Waals surface area (Å²) in [6, 6.07) is 10.5. The number of rotatable bonds is 5. The van der Waals surface area contributed by atoms with E-state index in [1.165, 1.54) is 26.4 Å². The van der Waals surface area contributed by atoms with Crippen molar-refractivity contribution in [3.63, 3.8) is 0 Å². The van der Waals surface area contributed by atoms with Crippen LogP contribution in [0.4, 0.5) is 11.4 Å². The first-order chi connectivity index (χ1) is 11.0. The minimum absolute atomic E-state index is 0.130. The summed E-state index contributed by atoms with van der Waals surface area (Å²) in [4.78, 5) is 11.0. The molecule has 0 aliphatic rings. The molecule has 0 amide bonds. The van der Waals surface area contributed by atoms with Gasteiger partial charge in [-0.3, -0.25) is 10.1 Å². The molecular formula is C16H16N2O4S. The largest absolute Gasteiger partial charge is 0.494 e. The molecule has 1 N–H and O–H groups in total. The van der Waals surface area contributed by atoms with Crippen molar-refractivity contribution in [1.29, 1.82) is 0 Å². The van der Waals surface area contributed by atoms with E-state index in [4.69, 9.17) is 21.7 Å². The Morgan fingerprint density at radius 1 is 1.13 bits per heavy atom. The Balaban J connectivity index is 2.36. The number of benzene rings is 2. The van der Waals surface area contributed by atoms with Gasteiger partial charge in [-0.05, 0) is 6.92 Å². The first-order valence-corrected chi connectivity index (χ1v) is 7.15. The molecule has 0 bridgehead atoms. The van der Waals surface area contributed by atoms with Gasteiger partial charge in [-0.2, -0.15) is 0 Å². The minimum Gasteiger partial charge on any atom is -0.494 e. The van der Waals surface area contributed by atoms with Crippen LogP contribution in [0.25, 0.3) is 0 Å². The predicted octanol–water partition coefficient (Wildman–Crippen LogP) is 3.71. The number of nitro groups is 1. The molecule has 0 aromatic heterocycles. The normalized spacial score (nSPS) is 10.0. The lowest BCUT2D eigenvalue weighted by Crippen LogP contribution is -2.11. The molecule has 23 heavy (non-hydrogen) atoms. The summed E-state index contributed by atoms with van der Waals surface area (Å²) in [5, 5.41) is 14.1. The van der Waals surface area contributed by atoms with Crippen LogP contribution >= 0.6 is 12.2 Å². The van der Waals surface area contributed by atoms with Crippen LogP contribution in [0.15, 0.2) is 36.4 Å². The molecule has 120 valence electrons. The Kier molecular flexibility index (Phi) is 5.13. The average Bonchev–Trinajstić information content (AvgIpc) is 2.54. The summed E-state index contributed by atoms with van der Waals surface area (Å²) >= 11 is 5.38. The van der Waals surface area contributed by atoms with Crippen molar-refractivity contribution in [3.8, 4) is 11.5 Å². The van der Waals surface area contributed by atoms with Crippen LogP contribution in [0, 0.1) is 17.0 Å². The number of anilines is 1. The Labute approximate surface area is 139 Å². The average molecular weight is 332 g/mol. The van der Waals surface area contributed by atoms with Gasteiger partial charge in [0.1, 0.15) is 10.7 Å². The molecule has 0 unspecified atom stereocenters. The second-order valence-corrected chi connectivity index (χ2v) is 5.21. The van der Waals surface area contributed by atoms with Crippen LogP contribution in [-0.4, -0.2) is 24.1 Å². The molecule has 0 radical (unpaired) electrons. The zero-order valence-electron chi connectivity index (χ0n) is 13.0. The number of aryl methyl sites for hydroxylation is 1. The maximum absolute atomic E-state index is 11.1. The molecule has 0 atom stereocenters. The Hall–Kier alpha value is -2.67. The SMILES string of the molecule is COc1cc([N+](=O)[O-])c(OC)cc1NC(=S)c1ccc(C)cc1. The standard InChI is InChI=1S/C16H16N2O4S/c1-10-4-6-11(7-5-10)16(23)17-12-8-15(22-3)13(18(19)20)9-14(12)21-2/h4-9H,1-3H3,(H,17,23). The first-order valence-electron chi connectivity index (χ1n) is 6.74. The fourth-order valence-electron chi connectivity index (χ4n) is 2.02. The van der Waals surface area contributed by atoms with E-state index in [0.29, 0.717) is 16.4 Å². The van der Waals surface area contributed by atoms with Gasteiger partial charge >= 0.3 is 5.69 Å². The third-order valence-corrected chi connectivity index (χ3v) is 3.60. The highest BCUT2D eigenvalue weighted by molar-refractivity contribution is 7.81. The number of nitro benzene ring substituents is 1. The van der Waals surface area contributed by atoms with Crippen molar-refractivity contribution in [3.05, 3.63) is 57.6 Å². The number of hydrogen-bond acceptors (Lipinski definition) is 5. The van der Waals surface area contributed by atoms with E-state index in [2.05, 4.69) is 5.32 Å². The first kappa shape index (κ1) is 16.7. The highest BCUT2D eigenvalue weighted by atomic mass is 32.1. The van der Waals surface area contributed by atoms with Crippen molar-refractivity contribution in [2.45, 2.75) is 6.92 Å². The Bertz CT molecular complexity index is 744. The molecule has 0 heterocycles. The molecule has 2 aromatic rings. The van der Waals surface area contributed by atoms with Gasteiger partial charge in [0.25, 0.3) is 0 Å². The van der Waals surface area contributed by atoms with Crippen molar-refractivity contribution in [2.75, 3.05) is 19.5 Å². The maximum Gasteiger partial charge on any atom is 0.314 e. The molecule has 2 rings (SSSR count). The van der Waals surface area contributed by atoms with E-state index in [-0.39, 0.29) is 11.4 Å². The van der Waals surface area contributed by atoms with E-state index in [1.54, 1.807) is 0 Å². The molecule has 0 aliphatic heterocycles. The summed E-state index contributed by atoms with van der Waals surface area (Å²) in [5.74, 6) is 0.442. The summed E-state index contributed by atoms with van der Waals surface area (Å²) in [6.07, 6.45) is 0. The van der Waals surface area contributed by atoms with Gasteiger partial charge in [0.05, 0.1) is 30.9 Å². The van der Waals surface area contributed by atoms with Crippen LogP contribution < -0.4 is 14.8 Å². The van der Waals surface area contributed by atoms with Crippen LogP contribution in [0.3, 0.4) is 0 Å². The van der Waals surface area contributed by atoms with Gasteiger partial charge in [-0.25, -0.2) is 0 Å². The number of thiocarbonyl (C=S) groups is 1. The third kappa shape index (κ3) is 3.75. The van der Waals surface area contributed by atoms with Gasteiger partial charge in [0.2, 0.25) is 0 Å². The van der Waals surface area contributed by atoms with Gasteiger partial charge in [-0.15, -0.1) is 0 Å². The molecule has 0 saturated heterocycles. The molecule has 0 fully saturated rings. The molecule has 7 heteroatoms. The van der Waals surface area contributed by atoms with E-state index in [0.717, 1.165) is 11.1 Å². The maximum atomic E-state index is 11.1. The fraction of sp³-hybridized carbons (Fsp3) is 0.188. The van der Waals surface area contributed by atoms with E-state index in [1.807, 2.05) is 31.2 Å². The van der Waals surface area contributed by atoms with Crippen molar-refractivity contribution in [1.82, 2.24) is 0 Å². The second kappa shape index (κ2) is 7.06. The lowest BCUT2D eigenvalue weighted by molar-refractivity contribution is -0.385. The molecule has 6 nitrogen and oxygen atoms in total. The summed E-state index contributed by atoms with van der Waals surface area (Å²) in [7, 11) is 2.81. The van der Waals surface area contributed by atoms with Gasteiger partial charge in [0.15, 0.2) is 5.75 Å². The molecular weight excluding hydrogens is 316 g/mol. The third-order valence-electron chi connectivity index (χ3n) is 3.26. The number of nitrogens with one attached hydrogen (secondary N) is 1. The zero-order valence-corrected chi connectivity index (χ0v) is 13.8. The van der Waals surface area contributed by atoms with Crippen LogP contribution in [-0.2, 0) is 0 Å². The monoisotopic (exact) mass is 332 g/mol. The lowest BCUT2D eigenvalue weighted by atomic mass is 10.1. The van der Waals surface area contributed by atoms with Crippen molar-refractivity contribution < 1.29 is 14.4 Å². The number of hydrogen-bond donors (Lipinski definition) is 1. The predicted molar refractivity (Wildman–Crippen MR) is 92.7 cm³/mol. The number of ether oxygens (including phenoxy) is 2. The van der Waals surface area contributed by atoms with E-state index in [9.17, 15) is 10.1 Å². The van der Waals surface area contributed by atoms with Crippen LogP contribution in [0.2, 0.25) is 0 Å². The minimum atomic E-state index is -0.524. The lowest BCUT2D eigenvalue weighted by Gasteiger charge is -2.14. The van der Waals surface area contributed by atoms with E-state index < -0.39 is 4.92 Å². The quantitative estimate of drug-likeness (QED) is 0.511. The summed E-state index contributed by atoms with van der Waals surface area (Å²) < 4.78 is 10.3. The van der Waals surface area contributed by atoms with E-state index >= 15 is 0 Å². The highest BCUT2D eigenvalue weighted by Crippen LogP contribution is 2.37. The molecule has 0 aliphatic carbocycles. The van der Waals surface area contributed by atoms with Gasteiger partial charge < -0.3 is 14.8 Å². The van der Waals surface area contributed by atoms with Crippen LogP contribution in [0.5, 0.6) is 11.5 Å². The van der Waals surface area contributed by atoms with Gasteiger partial charge in [-0.1, -0.05) is 42.0 Å². The molecule has 0 saturated carbocycles. The fourth-order valence-corrected chi connectivity index (χ4v) is 2.27. The topological polar surface area (TPSA) is 73.6 Å².